The van der Waals surface area contributed by atoms with Gasteiger partial charge in [-0.05, 0) is 35.7 Å². The van der Waals surface area contributed by atoms with Crippen molar-refractivity contribution in [1.82, 2.24) is 4.98 Å². The van der Waals surface area contributed by atoms with Gasteiger partial charge < -0.3 is 4.98 Å². The molecule has 22 heavy (non-hydrogen) atoms. The number of aromatic nitrogens is 2. The summed E-state index contributed by atoms with van der Waals surface area (Å²) in [6, 6.07) is 10.9. The first kappa shape index (κ1) is 14.6. The van der Waals surface area contributed by atoms with E-state index in [0.717, 1.165) is 6.54 Å². The number of aromatic amines is 1. The Bertz CT molecular complexity index is 779. The molecule has 0 spiro atoms. The van der Waals surface area contributed by atoms with Gasteiger partial charge in [0.25, 0.3) is 0 Å². The Morgan fingerprint density at radius 1 is 1.05 bits per heavy atom. The fraction of sp³-hybridized carbons (Fsp3) is 0.250. The van der Waals surface area contributed by atoms with Crippen LogP contribution in [0, 0.1) is 6.92 Å². The Labute approximate surface area is 132 Å². The summed E-state index contributed by atoms with van der Waals surface area (Å²) in [4.78, 5) is 3.28. The molecule has 2 heterocycles. The molecule has 0 saturated heterocycles. The molecule has 0 atom stereocenters. The lowest BCUT2D eigenvalue weighted by molar-refractivity contribution is -0.697. The second-order valence-electron chi connectivity index (χ2n) is 5.83. The molecular weight excluding hydrogens is 268 g/mol. The number of aryl methyl sites for hydroxylation is 2. The molecule has 0 unspecified atom stereocenters. The van der Waals surface area contributed by atoms with Crippen LogP contribution in [0.25, 0.3) is 23.1 Å². The van der Waals surface area contributed by atoms with Crippen molar-refractivity contribution >= 4 is 23.1 Å². The zero-order chi connectivity index (χ0) is 15.4. The molecule has 0 fully saturated rings. The van der Waals surface area contributed by atoms with Crippen molar-refractivity contribution in [3.05, 3.63) is 65.6 Å². The number of unbranched alkanes of at least 4 members (excludes halogenated alkanes) is 1. The summed E-state index contributed by atoms with van der Waals surface area (Å²) >= 11 is 0. The minimum Gasteiger partial charge on any atom is -0.361 e. The maximum atomic E-state index is 3.28. The Morgan fingerprint density at radius 2 is 1.82 bits per heavy atom. The molecule has 0 aliphatic carbocycles. The highest BCUT2D eigenvalue weighted by molar-refractivity contribution is 5.86. The second-order valence-corrected chi connectivity index (χ2v) is 5.83. The average molecular weight is 291 g/mol. The third kappa shape index (κ3) is 3.28. The van der Waals surface area contributed by atoms with Crippen molar-refractivity contribution in [3.8, 4) is 0 Å². The molecule has 3 aromatic rings. The highest BCUT2D eigenvalue weighted by Gasteiger charge is 2.00. The highest BCUT2D eigenvalue weighted by atomic mass is 14.9. The van der Waals surface area contributed by atoms with Crippen molar-refractivity contribution in [3.63, 3.8) is 0 Å². The lowest BCUT2D eigenvalue weighted by Crippen LogP contribution is -2.32. The van der Waals surface area contributed by atoms with E-state index in [-0.39, 0.29) is 0 Å². The summed E-state index contributed by atoms with van der Waals surface area (Å²) in [7, 11) is 0. The molecule has 0 amide bonds. The predicted molar refractivity (Wildman–Crippen MR) is 93.5 cm³/mol. The van der Waals surface area contributed by atoms with E-state index in [1.807, 2.05) is 0 Å². The van der Waals surface area contributed by atoms with E-state index >= 15 is 0 Å². The summed E-state index contributed by atoms with van der Waals surface area (Å²) in [5, 5.41) is 1.30. The smallest absolute Gasteiger partial charge is 0.169 e. The standard InChI is InChI=1S/C20H22N2/c1-3-4-11-22-12-9-17(10-13-22)5-6-18-7-8-20-19(14-18)16(2)15-21-20/h5-10,12-15H,3-4,11H2,1-2H3/p+1. The predicted octanol–water partition coefficient (Wildman–Crippen LogP) is 4.73. The van der Waals surface area contributed by atoms with Gasteiger partial charge in [-0.3, -0.25) is 0 Å². The maximum absolute atomic E-state index is 3.28. The molecule has 0 saturated carbocycles. The van der Waals surface area contributed by atoms with Crippen LogP contribution in [0.4, 0.5) is 0 Å². The zero-order valence-electron chi connectivity index (χ0n) is 13.3. The number of hydrogen-bond acceptors (Lipinski definition) is 0. The van der Waals surface area contributed by atoms with E-state index in [1.54, 1.807) is 0 Å². The quantitative estimate of drug-likeness (QED) is 0.655. The van der Waals surface area contributed by atoms with Gasteiger partial charge in [0.1, 0.15) is 6.54 Å². The van der Waals surface area contributed by atoms with Crippen LogP contribution in [-0.2, 0) is 6.54 Å². The molecule has 3 rings (SSSR count). The normalized spacial score (nSPS) is 11.5. The number of nitrogens with zero attached hydrogens (tertiary/aromatic N) is 1. The van der Waals surface area contributed by atoms with Gasteiger partial charge in [-0.2, -0.15) is 0 Å². The van der Waals surface area contributed by atoms with Crippen molar-refractivity contribution < 1.29 is 4.57 Å². The Balaban J connectivity index is 1.75. The number of pyridine rings is 1. The number of rotatable bonds is 5. The molecule has 0 aliphatic rings. The van der Waals surface area contributed by atoms with Crippen molar-refractivity contribution in [2.24, 2.45) is 0 Å². The Kier molecular flexibility index (Phi) is 4.38. The maximum Gasteiger partial charge on any atom is 0.169 e. The molecule has 2 nitrogen and oxygen atoms in total. The van der Waals surface area contributed by atoms with E-state index < -0.39 is 0 Å². The molecular formula is C20H23N2+. The van der Waals surface area contributed by atoms with Gasteiger partial charge in [0.2, 0.25) is 0 Å². The van der Waals surface area contributed by atoms with E-state index in [2.05, 4.69) is 84.5 Å². The summed E-state index contributed by atoms with van der Waals surface area (Å²) in [5.41, 5.74) is 4.96. The van der Waals surface area contributed by atoms with Crippen molar-refractivity contribution in [1.29, 1.82) is 0 Å². The summed E-state index contributed by atoms with van der Waals surface area (Å²) in [6.45, 7) is 5.46. The number of benzene rings is 1. The van der Waals surface area contributed by atoms with Crippen molar-refractivity contribution in [2.45, 2.75) is 33.2 Å². The SMILES string of the molecule is CCCC[n+]1ccc(/C=C/c2ccc3[nH]cc(C)c3c2)cc1. The van der Waals surface area contributed by atoms with E-state index in [1.165, 1.54) is 40.4 Å². The number of H-pyrrole nitrogens is 1. The van der Waals surface area contributed by atoms with Crippen LogP contribution in [0.1, 0.15) is 36.5 Å². The summed E-state index contributed by atoms with van der Waals surface area (Å²) in [6.07, 6.45) is 13.2. The van der Waals surface area contributed by atoms with E-state index in [9.17, 15) is 0 Å². The molecule has 0 radical (unpaired) electrons. The van der Waals surface area contributed by atoms with E-state index in [4.69, 9.17) is 0 Å². The summed E-state index contributed by atoms with van der Waals surface area (Å²) < 4.78 is 2.25. The van der Waals surface area contributed by atoms with Crippen LogP contribution >= 0.6 is 0 Å². The van der Waals surface area contributed by atoms with Crippen LogP contribution < -0.4 is 4.57 Å². The van der Waals surface area contributed by atoms with Crippen molar-refractivity contribution in [2.75, 3.05) is 0 Å². The molecule has 2 heteroatoms. The van der Waals surface area contributed by atoms with Gasteiger partial charge in [-0.25, -0.2) is 4.57 Å². The highest BCUT2D eigenvalue weighted by Crippen LogP contribution is 2.20. The third-order valence-corrected chi connectivity index (χ3v) is 4.07. The topological polar surface area (TPSA) is 19.7 Å². The van der Waals surface area contributed by atoms with Gasteiger partial charge in [0, 0.05) is 35.7 Å². The first-order chi connectivity index (χ1) is 10.8. The monoisotopic (exact) mass is 291 g/mol. The number of fused-ring (bicyclic) bond motifs is 1. The first-order valence-electron chi connectivity index (χ1n) is 8.01. The Morgan fingerprint density at radius 3 is 2.59 bits per heavy atom. The molecule has 112 valence electrons. The Hall–Kier alpha value is -2.35. The van der Waals surface area contributed by atoms with Crippen LogP contribution in [-0.4, -0.2) is 4.98 Å². The van der Waals surface area contributed by atoms with E-state index in [0.29, 0.717) is 0 Å². The number of nitrogens with one attached hydrogen (secondary N) is 1. The molecule has 1 aromatic carbocycles. The molecule has 2 aromatic heterocycles. The van der Waals surface area contributed by atoms with Crippen LogP contribution in [0.2, 0.25) is 0 Å². The minimum atomic E-state index is 1.10. The lowest BCUT2D eigenvalue weighted by atomic mass is 10.1. The van der Waals surface area contributed by atoms with Gasteiger partial charge >= 0.3 is 0 Å². The zero-order valence-corrected chi connectivity index (χ0v) is 13.3. The van der Waals surface area contributed by atoms with Crippen LogP contribution in [0.15, 0.2) is 48.9 Å². The van der Waals surface area contributed by atoms with Crippen LogP contribution in [0.5, 0.6) is 0 Å². The minimum absolute atomic E-state index is 1.10. The van der Waals surface area contributed by atoms with Crippen LogP contribution in [0.3, 0.4) is 0 Å². The fourth-order valence-corrected chi connectivity index (χ4v) is 2.64. The number of hydrogen-bond donors (Lipinski definition) is 1. The second kappa shape index (κ2) is 6.61. The fourth-order valence-electron chi connectivity index (χ4n) is 2.64. The molecule has 0 aliphatic heterocycles. The lowest BCUT2D eigenvalue weighted by Gasteiger charge is -1.98. The van der Waals surface area contributed by atoms with Gasteiger partial charge in [0.05, 0.1) is 0 Å². The van der Waals surface area contributed by atoms with Gasteiger partial charge in [-0.15, -0.1) is 0 Å². The van der Waals surface area contributed by atoms with Gasteiger partial charge in [0.15, 0.2) is 12.4 Å². The first-order valence-corrected chi connectivity index (χ1v) is 8.01. The summed E-state index contributed by atoms with van der Waals surface area (Å²) in [5.74, 6) is 0. The van der Waals surface area contributed by atoms with Gasteiger partial charge in [-0.1, -0.05) is 31.6 Å². The third-order valence-electron chi connectivity index (χ3n) is 4.07. The molecule has 0 bridgehead atoms. The largest absolute Gasteiger partial charge is 0.361 e. The average Bonchev–Trinajstić information content (AvgIpc) is 2.93. The molecule has 1 N–H and O–H groups in total.